The lowest BCUT2D eigenvalue weighted by atomic mass is 10.0. The van der Waals surface area contributed by atoms with Crippen molar-refractivity contribution in [1.82, 2.24) is 5.32 Å². The van der Waals surface area contributed by atoms with Crippen LogP contribution in [0.15, 0.2) is 18.2 Å². The van der Waals surface area contributed by atoms with Gasteiger partial charge in [0, 0.05) is 5.56 Å². The van der Waals surface area contributed by atoms with E-state index in [0.717, 1.165) is 25.8 Å². The first-order valence-electron chi connectivity index (χ1n) is 6.64. The van der Waals surface area contributed by atoms with E-state index < -0.39 is 5.91 Å². The number of rotatable bonds is 4. The number of hydrogen-bond acceptors (Lipinski definition) is 4. The van der Waals surface area contributed by atoms with Crippen molar-refractivity contribution in [2.24, 2.45) is 5.73 Å². The Balaban J connectivity index is 2.15. The fraction of sp³-hybridized carbons (Fsp3) is 0.429. The van der Waals surface area contributed by atoms with Crippen molar-refractivity contribution >= 4 is 17.5 Å². The molecule has 2 amide bonds. The van der Waals surface area contributed by atoms with E-state index in [1.807, 2.05) is 0 Å². The zero-order valence-corrected chi connectivity index (χ0v) is 11.4. The van der Waals surface area contributed by atoms with Gasteiger partial charge < -0.3 is 21.1 Å². The molecular formula is C14H19N3O3. The van der Waals surface area contributed by atoms with Crippen molar-refractivity contribution in [3.8, 4) is 5.75 Å². The highest BCUT2D eigenvalue weighted by Gasteiger charge is 2.21. The first-order valence-corrected chi connectivity index (χ1v) is 6.64. The predicted octanol–water partition coefficient (Wildman–Crippen LogP) is 0.875. The number of methoxy groups -OCH3 is 1. The second-order valence-electron chi connectivity index (χ2n) is 4.77. The third-order valence-corrected chi connectivity index (χ3v) is 3.37. The number of benzene rings is 1. The lowest BCUT2D eigenvalue weighted by Gasteiger charge is -2.23. The summed E-state index contributed by atoms with van der Waals surface area (Å²) >= 11 is 0. The molecule has 0 unspecified atom stereocenters. The second-order valence-corrected chi connectivity index (χ2v) is 4.77. The Kier molecular flexibility index (Phi) is 4.57. The fourth-order valence-electron chi connectivity index (χ4n) is 2.25. The van der Waals surface area contributed by atoms with Gasteiger partial charge in [-0.15, -0.1) is 0 Å². The van der Waals surface area contributed by atoms with Gasteiger partial charge in [-0.05, 0) is 37.6 Å². The first kappa shape index (κ1) is 14.3. The lowest BCUT2D eigenvalue weighted by molar-refractivity contribution is -0.118. The number of amides is 2. The molecule has 1 fully saturated rings. The summed E-state index contributed by atoms with van der Waals surface area (Å²) in [7, 11) is 1.51. The number of primary amides is 1. The molecule has 1 aliphatic heterocycles. The molecule has 4 N–H and O–H groups in total. The zero-order chi connectivity index (χ0) is 14.5. The number of nitrogens with one attached hydrogen (secondary N) is 2. The number of hydrogen-bond donors (Lipinski definition) is 3. The summed E-state index contributed by atoms with van der Waals surface area (Å²) in [6.07, 6.45) is 2.93. The minimum atomic E-state index is -0.543. The third kappa shape index (κ3) is 3.27. The van der Waals surface area contributed by atoms with Crippen LogP contribution in [0.5, 0.6) is 5.75 Å². The largest absolute Gasteiger partial charge is 0.495 e. The molecule has 0 bridgehead atoms. The fourth-order valence-corrected chi connectivity index (χ4v) is 2.25. The van der Waals surface area contributed by atoms with Gasteiger partial charge in [-0.25, -0.2) is 0 Å². The number of carbonyl (C=O) groups excluding carboxylic acids is 2. The third-order valence-electron chi connectivity index (χ3n) is 3.37. The Morgan fingerprint density at radius 2 is 2.20 bits per heavy atom. The van der Waals surface area contributed by atoms with Crippen LogP contribution in [-0.2, 0) is 4.79 Å². The summed E-state index contributed by atoms with van der Waals surface area (Å²) in [4.78, 5) is 23.4. The van der Waals surface area contributed by atoms with Crippen LogP contribution < -0.4 is 21.1 Å². The van der Waals surface area contributed by atoms with Crippen molar-refractivity contribution in [2.45, 2.75) is 25.3 Å². The van der Waals surface area contributed by atoms with Crippen LogP contribution in [0.25, 0.3) is 0 Å². The average Bonchev–Trinajstić information content (AvgIpc) is 2.48. The summed E-state index contributed by atoms with van der Waals surface area (Å²) in [5, 5.41) is 5.96. The molecule has 1 aromatic rings. The topological polar surface area (TPSA) is 93.4 Å². The van der Waals surface area contributed by atoms with E-state index in [-0.39, 0.29) is 11.9 Å². The van der Waals surface area contributed by atoms with Crippen LogP contribution in [0.4, 0.5) is 5.69 Å². The monoisotopic (exact) mass is 277 g/mol. The quantitative estimate of drug-likeness (QED) is 0.761. The molecule has 108 valence electrons. The Bertz CT molecular complexity index is 510. The van der Waals surface area contributed by atoms with Crippen LogP contribution in [-0.4, -0.2) is 31.5 Å². The molecule has 0 radical (unpaired) electrons. The smallest absolute Gasteiger partial charge is 0.248 e. The molecule has 2 rings (SSSR count). The molecule has 0 aromatic heterocycles. The average molecular weight is 277 g/mol. The molecule has 1 aromatic carbocycles. The number of carbonyl (C=O) groups is 2. The zero-order valence-electron chi connectivity index (χ0n) is 11.4. The van der Waals surface area contributed by atoms with E-state index in [2.05, 4.69) is 10.6 Å². The maximum Gasteiger partial charge on any atom is 0.248 e. The number of ether oxygens (including phenoxy) is 1. The number of nitrogens with two attached hydrogens (primary N) is 1. The second kappa shape index (κ2) is 6.38. The Labute approximate surface area is 117 Å². The number of anilines is 1. The van der Waals surface area contributed by atoms with Crippen LogP contribution in [0, 0.1) is 0 Å². The minimum absolute atomic E-state index is 0.121. The highest BCUT2D eigenvalue weighted by molar-refractivity contribution is 5.99. The maximum absolute atomic E-state index is 12.2. The van der Waals surface area contributed by atoms with Gasteiger partial charge in [-0.2, -0.15) is 0 Å². The Morgan fingerprint density at radius 1 is 1.40 bits per heavy atom. The summed E-state index contributed by atoms with van der Waals surface area (Å²) < 4.78 is 5.18. The van der Waals surface area contributed by atoms with Gasteiger partial charge in [-0.3, -0.25) is 9.59 Å². The van der Waals surface area contributed by atoms with Gasteiger partial charge >= 0.3 is 0 Å². The van der Waals surface area contributed by atoms with E-state index >= 15 is 0 Å². The van der Waals surface area contributed by atoms with Crippen molar-refractivity contribution in [3.05, 3.63) is 23.8 Å². The Morgan fingerprint density at radius 3 is 2.80 bits per heavy atom. The van der Waals surface area contributed by atoms with Crippen LogP contribution in [0.1, 0.15) is 29.6 Å². The van der Waals surface area contributed by atoms with Crippen LogP contribution in [0.2, 0.25) is 0 Å². The highest BCUT2D eigenvalue weighted by atomic mass is 16.5. The highest BCUT2D eigenvalue weighted by Crippen LogP contribution is 2.26. The molecule has 6 nitrogen and oxygen atoms in total. The van der Waals surface area contributed by atoms with E-state index in [1.165, 1.54) is 13.2 Å². The molecular weight excluding hydrogens is 258 g/mol. The van der Waals surface area contributed by atoms with Gasteiger partial charge in [0.05, 0.1) is 18.8 Å². The van der Waals surface area contributed by atoms with Crippen molar-refractivity contribution in [3.63, 3.8) is 0 Å². The molecule has 0 spiro atoms. The molecule has 6 heteroatoms. The summed E-state index contributed by atoms with van der Waals surface area (Å²) in [5.74, 6) is -0.164. The van der Waals surface area contributed by atoms with Gasteiger partial charge in [0.25, 0.3) is 0 Å². The lowest BCUT2D eigenvalue weighted by Crippen LogP contribution is -2.43. The standard InChI is InChI=1S/C14H19N3O3/c1-20-12-6-5-9(13(15)18)8-11(12)17-14(19)10-4-2-3-7-16-10/h5-6,8,10,16H,2-4,7H2,1H3,(H2,15,18)(H,17,19)/t10-/m0/s1. The van der Waals surface area contributed by atoms with E-state index in [0.29, 0.717) is 17.0 Å². The normalized spacial score (nSPS) is 18.4. The SMILES string of the molecule is COc1ccc(C(N)=O)cc1NC(=O)[C@@H]1CCCCN1. The van der Waals surface area contributed by atoms with Gasteiger partial charge in [0.1, 0.15) is 5.75 Å². The predicted molar refractivity (Wildman–Crippen MR) is 75.8 cm³/mol. The van der Waals surface area contributed by atoms with Crippen molar-refractivity contribution < 1.29 is 14.3 Å². The number of piperidine rings is 1. The first-order chi connectivity index (χ1) is 9.61. The minimum Gasteiger partial charge on any atom is -0.495 e. The van der Waals surface area contributed by atoms with Gasteiger partial charge in [-0.1, -0.05) is 6.42 Å². The maximum atomic E-state index is 12.2. The molecule has 1 saturated heterocycles. The van der Waals surface area contributed by atoms with Gasteiger partial charge in [0.2, 0.25) is 11.8 Å². The Hall–Kier alpha value is -2.08. The van der Waals surface area contributed by atoms with Gasteiger partial charge in [0.15, 0.2) is 0 Å². The molecule has 1 atom stereocenters. The van der Waals surface area contributed by atoms with E-state index in [1.54, 1.807) is 12.1 Å². The summed E-state index contributed by atoms with van der Waals surface area (Å²) in [5.41, 5.74) is 6.03. The molecule has 0 saturated carbocycles. The summed E-state index contributed by atoms with van der Waals surface area (Å²) in [6, 6.07) is 4.51. The molecule has 0 aliphatic carbocycles. The summed E-state index contributed by atoms with van der Waals surface area (Å²) in [6.45, 7) is 0.844. The van der Waals surface area contributed by atoms with E-state index in [4.69, 9.17) is 10.5 Å². The molecule has 20 heavy (non-hydrogen) atoms. The van der Waals surface area contributed by atoms with E-state index in [9.17, 15) is 9.59 Å². The molecule has 1 aliphatic rings. The molecule has 1 heterocycles. The van der Waals surface area contributed by atoms with Crippen LogP contribution in [0.3, 0.4) is 0 Å². The van der Waals surface area contributed by atoms with Crippen molar-refractivity contribution in [2.75, 3.05) is 19.0 Å². The van der Waals surface area contributed by atoms with Crippen LogP contribution >= 0.6 is 0 Å². The van der Waals surface area contributed by atoms with Crippen molar-refractivity contribution in [1.29, 1.82) is 0 Å².